The molecule has 0 unspecified atom stereocenters. The van der Waals surface area contributed by atoms with Crippen LogP contribution in [0.15, 0.2) is 212 Å². The van der Waals surface area contributed by atoms with E-state index >= 15 is 0 Å². The maximum Gasteiger partial charge on any atom is 0.0547 e. The first-order chi connectivity index (χ1) is 28.2. The van der Waals surface area contributed by atoms with Crippen LogP contribution in [0.5, 0.6) is 0 Å². The SMILES string of the molecule is Cc1c(-c2cccc(-c3ccccc3)c2)cccc1-c1cccc(-n2c3ccccc3c3cc(-c4ccc5c6ccccc6n(-c6ccccc6)c5c4)ccc32)c1. The zero-order valence-corrected chi connectivity index (χ0v) is 31.6. The minimum atomic E-state index is 1.15. The summed E-state index contributed by atoms with van der Waals surface area (Å²) in [6.45, 7) is 2.26. The van der Waals surface area contributed by atoms with E-state index in [9.17, 15) is 0 Å². The second kappa shape index (κ2) is 13.4. The van der Waals surface area contributed by atoms with Gasteiger partial charge in [0, 0.05) is 32.9 Å². The van der Waals surface area contributed by atoms with E-state index in [1.807, 2.05) is 0 Å². The van der Waals surface area contributed by atoms with Crippen LogP contribution in [0.4, 0.5) is 0 Å². The summed E-state index contributed by atoms with van der Waals surface area (Å²) in [5.74, 6) is 0. The second-order valence-corrected chi connectivity index (χ2v) is 15.0. The Morgan fingerprint density at radius 3 is 1.49 bits per heavy atom. The van der Waals surface area contributed by atoms with Crippen molar-refractivity contribution in [3.05, 3.63) is 218 Å². The number of aromatic nitrogens is 2. The van der Waals surface area contributed by atoms with E-state index in [1.165, 1.54) is 99.4 Å². The molecule has 0 aliphatic rings. The molecular weight excluding hydrogens is 689 g/mol. The Kier molecular flexibility index (Phi) is 7.75. The van der Waals surface area contributed by atoms with Crippen molar-refractivity contribution in [2.24, 2.45) is 0 Å². The molecule has 11 aromatic rings. The van der Waals surface area contributed by atoms with E-state index in [1.54, 1.807) is 0 Å². The van der Waals surface area contributed by atoms with Gasteiger partial charge in [0.05, 0.1) is 22.1 Å². The van der Waals surface area contributed by atoms with Crippen LogP contribution in [-0.4, -0.2) is 9.13 Å². The number of para-hydroxylation sites is 3. The molecule has 0 aliphatic heterocycles. The maximum atomic E-state index is 2.43. The van der Waals surface area contributed by atoms with Crippen LogP contribution >= 0.6 is 0 Å². The van der Waals surface area contributed by atoms with E-state index in [-0.39, 0.29) is 0 Å². The predicted octanol–water partition coefficient (Wildman–Crippen LogP) is 14.9. The summed E-state index contributed by atoms with van der Waals surface area (Å²) in [5.41, 5.74) is 18.2. The van der Waals surface area contributed by atoms with E-state index in [2.05, 4.69) is 228 Å². The largest absolute Gasteiger partial charge is 0.309 e. The Labute approximate surface area is 332 Å². The first kappa shape index (κ1) is 33.0. The molecule has 2 nitrogen and oxygen atoms in total. The van der Waals surface area contributed by atoms with Crippen molar-refractivity contribution in [2.45, 2.75) is 6.92 Å². The molecule has 11 rings (SSSR count). The Morgan fingerprint density at radius 2 is 0.737 bits per heavy atom. The molecule has 0 radical (unpaired) electrons. The average molecular weight is 727 g/mol. The monoisotopic (exact) mass is 726 g/mol. The highest BCUT2D eigenvalue weighted by Crippen LogP contribution is 2.40. The van der Waals surface area contributed by atoms with Gasteiger partial charge in [-0.15, -0.1) is 0 Å². The quantitative estimate of drug-likeness (QED) is 0.161. The van der Waals surface area contributed by atoms with Gasteiger partial charge < -0.3 is 9.13 Å². The summed E-state index contributed by atoms with van der Waals surface area (Å²) < 4.78 is 4.82. The first-order valence-electron chi connectivity index (χ1n) is 19.7. The molecule has 2 heteroatoms. The van der Waals surface area contributed by atoms with Gasteiger partial charge in [-0.2, -0.15) is 0 Å². The number of benzene rings is 9. The fourth-order valence-electron chi connectivity index (χ4n) is 9.01. The zero-order chi connectivity index (χ0) is 37.9. The number of fused-ring (bicyclic) bond motifs is 6. The van der Waals surface area contributed by atoms with Gasteiger partial charge in [0.15, 0.2) is 0 Å². The minimum absolute atomic E-state index is 1.15. The molecule has 0 atom stereocenters. The molecule has 2 aromatic heterocycles. The normalized spacial score (nSPS) is 11.6. The molecule has 57 heavy (non-hydrogen) atoms. The third kappa shape index (κ3) is 5.49. The lowest BCUT2D eigenvalue weighted by Crippen LogP contribution is -1.95. The van der Waals surface area contributed by atoms with Crippen LogP contribution in [0.25, 0.3) is 99.5 Å². The van der Waals surface area contributed by atoms with Gasteiger partial charge in [-0.1, -0.05) is 152 Å². The van der Waals surface area contributed by atoms with Crippen molar-refractivity contribution in [1.82, 2.24) is 9.13 Å². The van der Waals surface area contributed by atoms with Crippen LogP contribution in [0.2, 0.25) is 0 Å². The van der Waals surface area contributed by atoms with Crippen LogP contribution in [0.3, 0.4) is 0 Å². The molecule has 0 saturated carbocycles. The Morgan fingerprint density at radius 1 is 0.263 bits per heavy atom. The summed E-state index contributed by atoms with van der Waals surface area (Å²) >= 11 is 0. The highest BCUT2D eigenvalue weighted by Gasteiger charge is 2.17. The van der Waals surface area contributed by atoms with E-state index in [0.717, 1.165) is 5.69 Å². The molecule has 0 saturated heterocycles. The highest BCUT2D eigenvalue weighted by atomic mass is 15.0. The summed E-state index contributed by atoms with van der Waals surface area (Å²) in [6, 6.07) is 77.4. The fourth-order valence-corrected chi connectivity index (χ4v) is 9.01. The van der Waals surface area contributed by atoms with E-state index in [4.69, 9.17) is 0 Å². The second-order valence-electron chi connectivity index (χ2n) is 15.0. The summed E-state index contributed by atoms with van der Waals surface area (Å²) in [6.07, 6.45) is 0. The van der Waals surface area contributed by atoms with Crippen LogP contribution < -0.4 is 0 Å². The molecule has 0 N–H and O–H groups in total. The standard InChI is InChI=1S/C55H38N2/c1-37-46(42-18-12-17-39(33-42)38-15-4-2-5-16-38)25-14-26-47(37)43-19-13-22-45(34-43)57-53-28-11-9-24-49(53)51-35-40(30-32-54(51)57)41-29-31-50-48-23-8-10-27-52(48)56(55(50)36-41)44-20-6-3-7-21-44/h2-36H,1H3. The van der Waals surface area contributed by atoms with Gasteiger partial charge in [-0.05, 0) is 118 Å². The lowest BCUT2D eigenvalue weighted by Gasteiger charge is -2.15. The number of hydrogen-bond acceptors (Lipinski definition) is 0. The lowest BCUT2D eigenvalue weighted by molar-refractivity contribution is 1.18. The van der Waals surface area contributed by atoms with E-state index in [0.29, 0.717) is 0 Å². The predicted molar refractivity (Wildman–Crippen MR) is 242 cm³/mol. The number of nitrogens with zero attached hydrogens (tertiary/aromatic N) is 2. The van der Waals surface area contributed by atoms with E-state index < -0.39 is 0 Å². The summed E-state index contributed by atoms with van der Waals surface area (Å²) in [4.78, 5) is 0. The average Bonchev–Trinajstić information content (AvgIpc) is 3.79. The number of hydrogen-bond donors (Lipinski definition) is 0. The first-order valence-corrected chi connectivity index (χ1v) is 19.7. The van der Waals surface area contributed by atoms with Gasteiger partial charge in [0.1, 0.15) is 0 Å². The van der Waals surface area contributed by atoms with Crippen molar-refractivity contribution < 1.29 is 0 Å². The summed E-state index contributed by atoms with van der Waals surface area (Å²) in [5, 5.41) is 5.02. The molecule has 0 spiro atoms. The number of rotatable bonds is 6. The van der Waals surface area contributed by atoms with Gasteiger partial charge >= 0.3 is 0 Å². The molecule has 0 fully saturated rings. The fraction of sp³-hybridized carbons (Fsp3) is 0.0182. The van der Waals surface area contributed by atoms with Crippen molar-refractivity contribution in [3.63, 3.8) is 0 Å². The zero-order valence-electron chi connectivity index (χ0n) is 31.6. The van der Waals surface area contributed by atoms with Gasteiger partial charge in [0.2, 0.25) is 0 Å². The molecular formula is C55H38N2. The van der Waals surface area contributed by atoms with Crippen LogP contribution in [0, 0.1) is 6.92 Å². The molecule has 9 aromatic carbocycles. The van der Waals surface area contributed by atoms with Gasteiger partial charge in [0.25, 0.3) is 0 Å². The third-order valence-corrected chi connectivity index (χ3v) is 11.7. The maximum absolute atomic E-state index is 2.43. The Hall–Kier alpha value is -7.42. The molecule has 0 bridgehead atoms. The summed E-state index contributed by atoms with van der Waals surface area (Å²) in [7, 11) is 0. The van der Waals surface area contributed by atoms with Gasteiger partial charge in [-0.3, -0.25) is 0 Å². The smallest absolute Gasteiger partial charge is 0.0547 e. The van der Waals surface area contributed by atoms with Gasteiger partial charge in [-0.25, -0.2) is 0 Å². The van der Waals surface area contributed by atoms with Crippen LogP contribution in [-0.2, 0) is 0 Å². The third-order valence-electron chi connectivity index (χ3n) is 11.7. The van der Waals surface area contributed by atoms with Crippen molar-refractivity contribution >= 4 is 43.6 Å². The van der Waals surface area contributed by atoms with Crippen molar-refractivity contribution in [3.8, 4) is 55.9 Å². The van der Waals surface area contributed by atoms with Crippen molar-refractivity contribution in [1.29, 1.82) is 0 Å². The molecule has 268 valence electrons. The molecule has 0 amide bonds. The van der Waals surface area contributed by atoms with Crippen LogP contribution in [0.1, 0.15) is 5.56 Å². The highest BCUT2D eigenvalue weighted by molar-refractivity contribution is 6.12. The topological polar surface area (TPSA) is 9.86 Å². The van der Waals surface area contributed by atoms with Crippen molar-refractivity contribution in [2.75, 3.05) is 0 Å². The Balaban J connectivity index is 1.02. The minimum Gasteiger partial charge on any atom is -0.309 e. The lowest BCUT2D eigenvalue weighted by atomic mass is 9.91. The molecule has 2 heterocycles. The molecule has 0 aliphatic carbocycles. The Bertz CT molecular complexity index is 3290.